The Hall–Kier alpha value is -0.830. The highest BCUT2D eigenvalue weighted by molar-refractivity contribution is 5.05. The van der Waals surface area contributed by atoms with E-state index in [0.29, 0.717) is 6.04 Å². The van der Waals surface area contributed by atoms with Crippen molar-refractivity contribution in [3.05, 3.63) is 17.7 Å². The Labute approximate surface area is 72.8 Å². The molecule has 0 bridgehead atoms. The number of rotatable bonds is 1. The topological polar surface area (TPSA) is 29.9 Å². The first-order valence-corrected chi connectivity index (χ1v) is 4.50. The third-order valence-corrected chi connectivity index (χ3v) is 2.57. The van der Waals surface area contributed by atoms with Crippen molar-refractivity contribution in [3.63, 3.8) is 0 Å². The third kappa shape index (κ3) is 1.14. The van der Waals surface area contributed by atoms with Crippen LogP contribution in [0.2, 0.25) is 0 Å². The monoisotopic (exact) mass is 165 g/mol. The van der Waals surface area contributed by atoms with Crippen molar-refractivity contribution in [1.82, 2.24) is 14.9 Å². The minimum atomic E-state index is 0.632. The lowest BCUT2D eigenvalue weighted by Gasteiger charge is -2.14. The molecule has 2 heterocycles. The van der Waals surface area contributed by atoms with E-state index in [-0.39, 0.29) is 0 Å². The van der Waals surface area contributed by atoms with E-state index in [1.54, 1.807) is 0 Å². The standard InChI is InChI=1S/C9H15N3/c1-7-5-11-8(2)12(7)9-3-4-10-6-9/h5,9-10H,3-4,6H2,1-2H3. The SMILES string of the molecule is Cc1cnc(C)n1C1CCNC1. The molecule has 3 heteroatoms. The molecule has 1 atom stereocenters. The molecule has 1 N–H and O–H groups in total. The van der Waals surface area contributed by atoms with Gasteiger partial charge < -0.3 is 9.88 Å². The van der Waals surface area contributed by atoms with Gasteiger partial charge in [0.05, 0.1) is 0 Å². The minimum Gasteiger partial charge on any atom is -0.328 e. The van der Waals surface area contributed by atoms with E-state index in [0.717, 1.165) is 18.9 Å². The number of aryl methyl sites for hydroxylation is 2. The first-order valence-electron chi connectivity index (χ1n) is 4.50. The number of aromatic nitrogens is 2. The quantitative estimate of drug-likeness (QED) is 0.673. The molecule has 1 aromatic heterocycles. The lowest BCUT2D eigenvalue weighted by Crippen LogP contribution is -2.15. The zero-order valence-corrected chi connectivity index (χ0v) is 7.67. The molecule has 1 unspecified atom stereocenters. The van der Waals surface area contributed by atoms with Gasteiger partial charge >= 0.3 is 0 Å². The van der Waals surface area contributed by atoms with Crippen molar-refractivity contribution >= 4 is 0 Å². The highest BCUT2D eigenvalue weighted by Crippen LogP contribution is 2.18. The van der Waals surface area contributed by atoms with Crippen LogP contribution in [0.15, 0.2) is 6.20 Å². The van der Waals surface area contributed by atoms with Crippen molar-refractivity contribution in [2.75, 3.05) is 13.1 Å². The summed E-state index contributed by atoms with van der Waals surface area (Å²) in [6, 6.07) is 0.632. The van der Waals surface area contributed by atoms with Crippen molar-refractivity contribution in [2.45, 2.75) is 26.3 Å². The van der Waals surface area contributed by atoms with E-state index >= 15 is 0 Å². The summed E-state index contributed by atoms with van der Waals surface area (Å²) >= 11 is 0. The maximum atomic E-state index is 4.30. The van der Waals surface area contributed by atoms with Gasteiger partial charge in [-0.05, 0) is 26.8 Å². The summed E-state index contributed by atoms with van der Waals surface area (Å²) in [5.74, 6) is 1.14. The van der Waals surface area contributed by atoms with E-state index in [4.69, 9.17) is 0 Å². The van der Waals surface area contributed by atoms with Crippen LogP contribution in [0.4, 0.5) is 0 Å². The highest BCUT2D eigenvalue weighted by Gasteiger charge is 2.18. The molecule has 12 heavy (non-hydrogen) atoms. The Kier molecular flexibility index (Phi) is 1.89. The molecule has 1 fully saturated rings. The van der Waals surface area contributed by atoms with Gasteiger partial charge in [0.25, 0.3) is 0 Å². The zero-order chi connectivity index (χ0) is 8.55. The van der Waals surface area contributed by atoms with Gasteiger partial charge in [0, 0.05) is 24.5 Å². The second kappa shape index (κ2) is 2.90. The molecule has 0 aliphatic carbocycles. The summed E-state index contributed by atoms with van der Waals surface area (Å²) in [5.41, 5.74) is 1.28. The first kappa shape index (κ1) is 7.80. The largest absolute Gasteiger partial charge is 0.328 e. The van der Waals surface area contributed by atoms with Gasteiger partial charge in [0.2, 0.25) is 0 Å². The van der Waals surface area contributed by atoms with Gasteiger partial charge in [-0.2, -0.15) is 0 Å². The van der Waals surface area contributed by atoms with E-state index in [1.807, 2.05) is 6.20 Å². The molecule has 1 aliphatic heterocycles. The fourth-order valence-electron chi connectivity index (χ4n) is 1.98. The molecular formula is C9H15N3. The van der Waals surface area contributed by atoms with Crippen molar-refractivity contribution < 1.29 is 0 Å². The summed E-state index contributed by atoms with van der Waals surface area (Å²) < 4.78 is 2.33. The fraction of sp³-hybridized carbons (Fsp3) is 0.667. The molecule has 3 nitrogen and oxygen atoms in total. The van der Waals surface area contributed by atoms with Gasteiger partial charge in [-0.15, -0.1) is 0 Å². The van der Waals surface area contributed by atoms with Crippen LogP contribution < -0.4 is 5.32 Å². The van der Waals surface area contributed by atoms with E-state index in [9.17, 15) is 0 Å². The van der Waals surface area contributed by atoms with Crippen molar-refractivity contribution in [1.29, 1.82) is 0 Å². The summed E-state index contributed by atoms with van der Waals surface area (Å²) in [7, 11) is 0. The maximum Gasteiger partial charge on any atom is 0.105 e. The molecular weight excluding hydrogens is 150 g/mol. The second-order valence-electron chi connectivity index (χ2n) is 3.46. The molecule has 0 amide bonds. The number of hydrogen-bond acceptors (Lipinski definition) is 2. The molecule has 0 spiro atoms. The van der Waals surface area contributed by atoms with E-state index in [2.05, 4.69) is 28.7 Å². The lowest BCUT2D eigenvalue weighted by molar-refractivity contribution is 0.522. The van der Waals surface area contributed by atoms with Crippen LogP contribution in [0.25, 0.3) is 0 Å². The molecule has 1 aliphatic rings. The van der Waals surface area contributed by atoms with Crippen LogP contribution in [0.5, 0.6) is 0 Å². The Morgan fingerprint density at radius 2 is 2.42 bits per heavy atom. The Balaban J connectivity index is 2.30. The smallest absolute Gasteiger partial charge is 0.105 e. The number of nitrogens with one attached hydrogen (secondary N) is 1. The van der Waals surface area contributed by atoms with Crippen LogP contribution in [-0.4, -0.2) is 22.6 Å². The van der Waals surface area contributed by atoms with Crippen molar-refractivity contribution in [3.8, 4) is 0 Å². The summed E-state index contributed by atoms with van der Waals surface area (Å²) in [5, 5.41) is 3.37. The zero-order valence-electron chi connectivity index (χ0n) is 7.67. The van der Waals surface area contributed by atoms with Crippen LogP contribution in [0.3, 0.4) is 0 Å². The summed E-state index contributed by atoms with van der Waals surface area (Å²) in [6.07, 6.45) is 3.19. The molecule has 0 radical (unpaired) electrons. The average Bonchev–Trinajstić information content (AvgIpc) is 2.61. The van der Waals surface area contributed by atoms with Crippen LogP contribution in [0, 0.1) is 13.8 Å². The van der Waals surface area contributed by atoms with Crippen LogP contribution >= 0.6 is 0 Å². The molecule has 66 valence electrons. The Bertz CT molecular complexity index is 252. The van der Waals surface area contributed by atoms with Crippen LogP contribution in [0.1, 0.15) is 24.0 Å². The van der Waals surface area contributed by atoms with Crippen LogP contribution in [-0.2, 0) is 0 Å². The van der Waals surface area contributed by atoms with Gasteiger partial charge in [-0.1, -0.05) is 0 Å². The van der Waals surface area contributed by atoms with Gasteiger partial charge in [-0.25, -0.2) is 4.98 Å². The predicted molar refractivity (Wildman–Crippen MR) is 48.2 cm³/mol. The second-order valence-corrected chi connectivity index (χ2v) is 3.46. The normalized spacial score (nSPS) is 23.3. The number of hydrogen-bond donors (Lipinski definition) is 1. The minimum absolute atomic E-state index is 0.632. The molecule has 1 saturated heterocycles. The number of imidazole rings is 1. The lowest BCUT2D eigenvalue weighted by atomic mass is 10.2. The molecule has 0 saturated carbocycles. The average molecular weight is 165 g/mol. The van der Waals surface area contributed by atoms with Crippen molar-refractivity contribution in [2.24, 2.45) is 0 Å². The summed E-state index contributed by atoms with van der Waals surface area (Å²) in [6.45, 7) is 6.43. The van der Waals surface area contributed by atoms with Gasteiger partial charge in [0.15, 0.2) is 0 Å². The highest BCUT2D eigenvalue weighted by atomic mass is 15.1. The molecule has 1 aromatic rings. The Morgan fingerprint density at radius 1 is 1.58 bits per heavy atom. The third-order valence-electron chi connectivity index (χ3n) is 2.57. The fourth-order valence-corrected chi connectivity index (χ4v) is 1.98. The van der Waals surface area contributed by atoms with E-state index < -0.39 is 0 Å². The van der Waals surface area contributed by atoms with Gasteiger partial charge in [-0.3, -0.25) is 0 Å². The molecule has 2 rings (SSSR count). The summed E-state index contributed by atoms with van der Waals surface area (Å²) in [4.78, 5) is 4.30. The first-order chi connectivity index (χ1) is 5.79. The van der Waals surface area contributed by atoms with E-state index in [1.165, 1.54) is 12.1 Å². The molecule has 0 aromatic carbocycles. The maximum absolute atomic E-state index is 4.30. The van der Waals surface area contributed by atoms with Gasteiger partial charge in [0.1, 0.15) is 5.82 Å². The predicted octanol–water partition coefficient (Wildman–Crippen LogP) is 1.03. The number of nitrogens with zero attached hydrogens (tertiary/aromatic N) is 2. The Morgan fingerprint density at radius 3 is 2.92 bits per heavy atom.